The molecule has 1 aromatic heterocycles. The highest BCUT2D eigenvalue weighted by Gasteiger charge is 2.16. The van der Waals surface area contributed by atoms with E-state index in [2.05, 4.69) is 31.4 Å². The maximum absolute atomic E-state index is 5.57. The monoisotopic (exact) mass is 327 g/mol. The van der Waals surface area contributed by atoms with E-state index in [-0.39, 0.29) is 0 Å². The van der Waals surface area contributed by atoms with E-state index in [1.54, 1.807) is 5.51 Å². The zero-order valence-corrected chi connectivity index (χ0v) is 11.8. The van der Waals surface area contributed by atoms with Crippen LogP contribution in [0.25, 0.3) is 0 Å². The topological polar surface area (TPSA) is 56.3 Å². The van der Waals surface area contributed by atoms with Crippen molar-refractivity contribution >= 4 is 32.4 Å². The third-order valence-electron chi connectivity index (χ3n) is 2.46. The molecule has 18 heavy (non-hydrogen) atoms. The van der Waals surface area contributed by atoms with E-state index in [1.807, 2.05) is 12.1 Å². The van der Waals surface area contributed by atoms with Crippen LogP contribution in [0.15, 0.2) is 22.1 Å². The van der Waals surface area contributed by atoms with Crippen molar-refractivity contribution in [3.05, 3.63) is 27.7 Å². The quantitative estimate of drug-likeness (QED) is 0.939. The molecule has 0 fully saturated rings. The summed E-state index contributed by atoms with van der Waals surface area (Å²) in [7, 11) is 0. The fourth-order valence-electron chi connectivity index (χ4n) is 1.69. The largest absolute Gasteiger partial charge is 0.486 e. The second-order valence-corrected chi connectivity index (χ2v) is 5.39. The second kappa shape index (κ2) is 5.11. The highest BCUT2D eigenvalue weighted by atomic mass is 79.9. The Balaban J connectivity index is 1.78. The summed E-state index contributed by atoms with van der Waals surface area (Å²) >= 11 is 4.97. The number of aromatic nitrogens is 2. The minimum absolute atomic E-state index is 0.590. The van der Waals surface area contributed by atoms with E-state index in [4.69, 9.17) is 9.47 Å². The summed E-state index contributed by atoms with van der Waals surface area (Å²) < 4.78 is 12.0. The van der Waals surface area contributed by atoms with E-state index in [1.165, 1.54) is 11.3 Å². The number of nitrogens with one attached hydrogen (secondary N) is 1. The number of hydrogen-bond acceptors (Lipinski definition) is 6. The molecule has 0 unspecified atom stereocenters. The molecular weight excluding hydrogens is 318 g/mol. The summed E-state index contributed by atoms with van der Waals surface area (Å²) in [5, 5.41) is 11.7. The average molecular weight is 328 g/mol. The van der Waals surface area contributed by atoms with Gasteiger partial charge in [0.1, 0.15) is 18.7 Å². The van der Waals surface area contributed by atoms with Crippen LogP contribution < -0.4 is 14.8 Å². The molecule has 0 bridgehead atoms. The van der Waals surface area contributed by atoms with E-state index < -0.39 is 0 Å². The smallest absolute Gasteiger partial charge is 0.205 e. The Morgan fingerprint density at radius 3 is 3.06 bits per heavy atom. The lowest BCUT2D eigenvalue weighted by molar-refractivity contribution is 0.170. The SMILES string of the molecule is Brc1cc(CNc2nncs2)cc2c1OCCO2. The van der Waals surface area contributed by atoms with Gasteiger partial charge in [0.05, 0.1) is 4.47 Å². The molecular formula is C11H10BrN3O2S. The van der Waals surface area contributed by atoms with E-state index in [0.717, 1.165) is 26.7 Å². The molecule has 1 N–H and O–H groups in total. The average Bonchev–Trinajstić information content (AvgIpc) is 2.90. The standard InChI is InChI=1S/C11H10BrN3O2S/c12-8-3-7(5-13-11-15-14-6-18-11)4-9-10(8)17-2-1-16-9/h3-4,6H,1-2,5H2,(H,13,15). The molecule has 7 heteroatoms. The van der Waals surface area contributed by atoms with Gasteiger partial charge in [-0.2, -0.15) is 0 Å². The fourth-order valence-corrected chi connectivity index (χ4v) is 2.74. The number of hydrogen-bond donors (Lipinski definition) is 1. The lowest BCUT2D eigenvalue weighted by Gasteiger charge is -2.20. The number of fused-ring (bicyclic) bond motifs is 1. The first-order valence-corrected chi connectivity index (χ1v) is 7.08. The summed E-state index contributed by atoms with van der Waals surface area (Å²) in [6, 6.07) is 3.99. The molecule has 0 radical (unpaired) electrons. The molecule has 0 amide bonds. The molecule has 2 aromatic rings. The van der Waals surface area contributed by atoms with Crippen molar-refractivity contribution in [1.82, 2.24) is 10.2 Å². The molecule has 0 saturated heterocycles. The Bertz CT molecular complexity index is 547. The van der Waals surface area contributed by atoms with Gasteiger partial charge in [0.15, 0.2) is 11.5 Å². The van der Waals surface area contributed by atoms with E-state index >= 15 is 0 Å². The highest BCUT2D eigenvalue weighted by molar-refractivity contribution is 9.10. The summed E-state index contributed by atoms with van der Waals surface area (Å²) in [5.74, 6) is 1.56. The molecule has 0 saturated carbocycles. The number of rotatable bonds is 3. The fraction of sp³-hybridized carbons (Fsp3) is 0.273. The molecule has 94 valence electrons. The van der Waals surface area contributed by atoms with Crippen molar-refractivity contribution in [1.29, 1.82) is 0 Å². The van der Waals surface area contributed by atoms with Crippen LogP contribution in [0.3, 0.4) is 0 Å². The second-order valence-electron chi connectivity index (χ2n) is 3.70. The summed E-state index contributed by atoms with van der Waals surface area (Å²) in [4.78, 5) is 0. The van der Waals surface area contributed by atoms with Gasteiger partial charge >= 0.3 is 0 Å². The Kier molecular flexibility index (Phi) is 3.33. The van der Waals surface area contributed by atoms with Crippen LogP contribution >= 0.6 is 27.3 Å². The van der Waals surface area contributed by atoms with Crippen molar-refractivity contribution in [2.45, 2.75) is 6.54 Å². The van der Waals surface area contributed by atoms with Crippen LogP contribution in [0.2, 0.25) is 0 Å². The molecule has 3 rings (SSSR count). The third kappa shape index (κ3) is 2.41. The van der Waals surface area contributed by atoms with Crippen LogP contribution in [-0.2, 0) is 6.54 Å². The van der Waals surface area contributed by atoms with Gasteiger partial charge in [-0.1, -0.05) is 11.3 Å². The Labute approximate surface area is 116 Å². The minimum atomic E-state index is 0.590. The van der Waals surface area contributed by atoms with Gasteiger partial charge in [0.2, 0.25) is 5.13 Å². The molecule has 2 heterocycles. The molecule has 1 aliphatic heterocycles. The molecule has 0 atom stereocenters. The van der Waals surface area contributed by atoms with Crippen molar-refractivity contribution in [2.24, 2.45) is 0 Å². The van der Waals surface area contributed by atoms with Gasteiger partial charge in [-0.3, -0.25) is 0 Å². The first-order valence-electron chi connectivity index (χ1n) is 5.41. The van der Waals surface area contributed by atoms with Gasteiger partial charge in [0, 0.05) is 6.54 Å². The predicted octanol–water partition coefficient (Wildman–Crippen LogP) is 2.68. The van der Waals surface area contributed by atoms with Gasteiger partial charge in [-0.25, -0.2) is 0 Å². The van der Waals surface area contributed by atoms with Gasteiger partial charge in [-0.05, 0) is 33.6 Å². The van der Waals surface area contributed by atoms with E-state index in [9.17, 15) is 0 Å². The Morgan fingerprint density at radius 1 is 1.33 bits per heavy atom. The van der Waals surface area contributed by atoms with Crippen molar-refractivity contribution in [2.75, 3.05) is 18.5 Å². The van der Waals surface area contributed by atoms with Crippen molar-refractivity contribution in [3.8, 4) is 11.5 Å². The van der Waals surface area contributed by atoms with Gasteiger partial charge < -0.3 is 14.8 Å². The zero-order valence-electron chi connectivity index (χ0n) is 9.35. The highest BCUT2D eigenvalue weighted by Crippen LogP contribution is 2.38. The first kappa shape index (κ1) is 11.7. The number of nitrogens with zero attached hydrogens (tertiary/aromatic N) is 2. The van der Waals surface area contributed by atoms with Crippen LogP contribution in [0.1, 0.15) is 5.56 Å². The number of halogens is 1. The molecule has 0 aliphatic carbocycles. The van der Waals surface area contributed by atoms with Crippen molar-refractivity contribution in [3.63, 3.8) is 0 Å². The van der Waals surface area contributed by atoms with E-state index in [0.29, 0.717) is 19.8 Å². The van der Waals surface area contributed by atoms with Crippen LogP contribution in [0.5, 0.6) is 11.5 Å². The summed E-state index contributed by atoms with van der Waals surface area (Å²) in [6.45, 7) is 1.85. The lowest BCUT2D eigenvalue weighted by atomic mass is 10.2. The Morgan fingerprint density at radius 2 is 2.22 bits per heavy atom. The summed E-state index contributed by atoms with van der Waals surface area (Å²) in [6.07, 6.45) is 0. The van der Waals surface area contributed by atoms with Crippen LogP contribution in [0.4, 0.5) is 5.13 Å². The molecule has 5 nitrogen and oxygen atoms in total. The third-order valence-corrected chi connectivity index (χ3v) is 3.70. The number of benzene rings is 1. The molecule has 0 spiro atoms. The predicted molar refractivity (Wildman–Crippen MR) is 72.4 cm³/mol. The summed E-state index contributed by atoms with van der Waals surface area (Å²) in [5.41, 5.74) is 2.79. The molecule has 1 aliphatic rings. The van der Waals surface area contributed by atoms with Crippen LogP contribution in [-0.4, -0.2) is 23.4 Å². The Hall–Kier alpha value is -1.34. The maximum atomic E-state index is 5.57. The lowest BCUT2D eigenvalue weighted by Crippen LogP contribution is -2.16. The van der Waals surface area contributed by atoms with Gasteiger partial charge in [-0.15, -0.1) is 10.2 Å². The zero-order chi connectivity index (χ0) is 12.4. The normalized spacial score (nSPS) is 13.4. The number of ether oxygens (including phenoxy) is 2. The minimum Gasteiger partial charge on any atom is -0.486 e. The number of anilines is 1. The maximum Gasteiger partial charge on any atom is 0.205 e. The molecule has 1 aromatic carbocycles. The first-order chi connectivity index (χ1) is 8.83. The van der Waals surface area contributed by atoms with Gasteiger partial charge in [0.25, 0.3) is 0 Å². The van der Waals surface area contributed by atoms with Crippen LogP contribution in [0, 0.1) is 0 Å². The van der Waals surface area contributed by atoms with Crippen molar-refractivity contribution < 1.29 is 9.47 Å².